The largest absolute Gasteiger partial charge is 0.381 e. The molecule has 2 aromatic rings. The van der Waals surface area contributed by atoms with E-state index in [1.54, 1.807) is 0 Å². The van der Waals surface area contributed by atoms with E-state index in [2.05, 4.69) is 34.5 Å². The molecule has 1 amide bonds. The second kappa shape index (κ2) is 6.52. The molecule has 4 heteroatoms. The summed E-state index contributed by atoms with van der Waals surface area (Å²) in [5.74, 6) is 0.0320. The Hall–Kier alpha value is -2.33. The summed E-state index contributed by atoms with van der Waals surface area (Å²) < 4.78 is 5.58. The Balaban J connectivity index is 1.52. The van der Waals surface area contributed by atoms with Gasteiger partial charge in [0.2, 0.25) is 5.91 Å². The molecule has 0 aliphatic carbocycles. The van der Waals surface area contributed by atoms with Crippen LogP contribution in [0.25, 0.3) is 0 Å². The first-order chi connectivity index (χ1) is 12.2. The minimum atomic E-state index is 0.0320. The van der Waals surface area contributed by atoms with Crippen molar-refractivity contribution in [3.8, 4) is 0 Å². The normalized spacial score (nSPS) is 18.2. The van der Waals surface area contributed by atoms with Gasteiger partial charge in [0, 0.05) is 36.5 Å². The van der Waals surface area contributed by atoms with E-state index < -0.39 is 0 Å². The molecule has 2 aliphatic heterocycles. The zero-order valence-corrected chi connectivity index (χ0v) is 14.6. The highest BCUT2D eigenvalue weighted by molar-refractivity contribution is 5.94. The number of hydrogen-bond donors (Lipinski definition) is 1. The van der Waals surface area contributed by atoms with Gasteiger partial charge >= 0.3 is 0 Å². The fourth-order valence-electron chi connectivity index (χ4n) is 4.16. The predicted molar refractivity (Wildman–Crippen MR) is 100 cm³/mol. The van der Waals surface area contributed by atoms with Crippen molar-refractivity contribution in [2.24, 2.45) is 0 Å². The topological polar surface area (TPSA) is 41.6 Å². The van der Waals surface area contributed by atoms with Gasteiger partial charge < -0.3 is 15.0 Å². The average Bonchev–Trinajstić information content (AvgIpc) is 2.89. The molecule has 1 spiro atoms. The van der Waals surface area contributed by atoms with Gasteiger partial charge in [0.05, 0.1) is 6.54 Å². The minimum Gasteiger partial charge on any atom is -0.381 e. The van der Waals surface area contributed by atoms with Gasteiger partial charge in [0.25, 0.3) is 0 Å². The fraction of sp³-hybridized carbons (Fsp3) is 0.381. The van der Waals surface area contributed by atoms with Gasteiger partial charge in [0.15, 0.2) is 0 Å². The summed E-state index contributed by atoms with van der Waals surface area (Å²) in [5.41, 5.74) is 4.72. The summed E-state index contributed by atoms with van der Waals surface area (Å²) in [5, 5.41) is 3.03. The van der Waals surface area contributed by atoms with Gasteiger partial charge in [-0.2, -0.15) is 0 Å². The number of ether oxygens (including phenoxy) is 1. The lowest BCUT2D eigenvalue weighted by Crippen LogP contribution is -2.41. The van der Waals surface area contributed by atoms with Crippen LogP contribution in [0.5, 0.6) is 0 Å². The summed E-state index contributed by atoms with van der Waals surface area (Å²) in [7, 11) is 0. The second-order valence-electron chi connectivity index (χ2n) is 7.18. The molecule has 25 heavy (non-hydrogen) atoms. The number of anilines is 2. The number of benzene rings is 2. The van der Waals surface area contributed by atoms with Crippen molar-refractivity contribution < 1.29 is 9.53 Å². The van der Waals surface area contributed by atoms with E-state index in [1.807, 2.05) is 31.2 Å². The van der Waals surface area contributed by atoms with Gasteiger partial charge in [-0.1, -0.05) is 30.3 Å². The summed E-state index contributed by atoms with van der Waals surface area (Å²) in [6, 6.07) is 16.4. The zero-order chi connectivity index (χ0) is 17.3. The highest BCUT2D eigenvalue weighted by atomic mass is 16.5. The first-order valence-electron chi connectivity index (χ1n) is 8.95. The lowest BCUT2D eigenvalue weighted by atomic mass is 9.76. The Morgan fingerprint density at radius 2 is 1.96 bits per heavy atom. The second-order valence-corrected chi connectivity index (χ2v) is 7.18. The van der Waals surface area contributed by atoms with Crippen molar-refractivity contribution in [3.63, 3.8) is 0 Å². The number of carbonyl (C=O) groups excluding carboxylic acids is 1. The molecule has 1 N–H and O–H groups in total. The highest BCUT2D eigenvalue weighted by Gasteiger charge is 2.43. The number of aryl methyl sites for hydroxylation is 1. The summed E-state index contributed by atoms with van der Waals surface area (Å²) in [6.45, 7) is 4.92. The Morgan fingerprint density at radius 3 is 2.76 bits per heavy atom. The van der Waals surface area contributed by atoms with Crippen molar-refractivity contribution in [1.82, 2.24) is 0 Å². The maximum Gasteiger partial charge on any atom is 0.243 e. The van der Waals surface area contributed by atoms with E-state index in [0.29, 0.717) is 6.54 Å². The van der Waals surface area contributed by atoms with Gasteiger partial charge in [-0.15, -0.1) is 0 Å². The monoisotopic (exact) mass is 336 g/mol. The zero-order valence-electron chi connectivity index (χ0n) is 14.6. The Bertz CT molecular complexity index is 781. The third-order valence-corrected chi connectivity index (χ3v) is 5.40. The van der Waals surface area contributed by atoms with Gasteiger partial charge in [-0.25, -0.2) is 0 Å². The van der Waals surface area contributed by atoms with Crippen LogP contribution >= 0.6 is 0 Å². The molecule has 0 aromatic heterocycles. The van der Waals surface area contributed by atoms with E-state index >= 15 is 0 Å². The Kier molecular flexibility index (Phi) is 4.22. The summed E-state index contributed by atoms with van der Waals surface area (Å²) >= 11 is 0. The van der Waals surface area contributed by atoms with E-state index in [0.717, 1.165) is 43.9 Å². The van der Waals surface area contributed by atoms with Crippen LogP contribution in [-0.4, -0.2) is 32.2 Å². The van der Waals surface area contributed by atoms with Crippen LogP contribution in [0, 0.1) is 6.92 Å². The minimum absolute atomic E-state index is 0.0320. The third kappa shape index (κ3) is 3.14. The molecule has 0 saturated carbocycles. The molecule has 2 heterocycles. The van der Waals surface area contributed by atoms with Crippen LogP contribution in [0.1, 0.15) is 24.0 Å². The molecule has 0 atom stereocenters. The van der Waals surface area contributed by atoms with Gasteiger partial charge in [-0.3, -0.25) is 4.79 Å². The predicted octanol–water partition coefficient (Wildman–Crippen LogP) is 3.50. The fourth-order valence-corrected chi connectivity index (χ4v) is 4.16. The molecule has 2 aliphatic rings. The molecule has 130 valence electrons. The molecule has 1 fully saturated rings. The number of hydrogen-bond acceptors (Lipinski definition) is 3. The van der Waals surface area contributed by atoms with Crippen LogP contribution < -0.4 is 10.2 Å². The van der Waals surface area contributed by atoms with Gasteiger partial charge in [0.1, 0.15) is 0 Å². The molecule has 2 aromatic carbocycles. The maximum absolute atomic E-state index is 12.6. The van der Waals surface area contributed by atoms with Crippen molar-refractivity contribution in [2.75, 3.05) is 36.5 Å². The van der Waals surface area contributed by atoms with Crippen molar-refractivity contribution in [2.45, 2.75) is 25.2 Å². The van der Waals surface area contributed by atoms with Crippen LogP contribution in [0.15, 0.2) is 48.5 Å². The molecule has 4 nitrogen and oxygen atoms in total. The van der Waals surface area contributed by atoms with Crippen molar-refractivity contribution in [1.29, 1.82) is 0 Å². The quantitative estimate of drug-likeness (QED) is 0.933. The van der Waals surface area contributed by atoms with E-state index in [9.17, 15) is 4.79 Å². The smallest absolute Gasteiger partial charge is 0.243 e. The molecular formula is C21H24N2O2. The maximum atomic E-state index is 12.6. The molecule has 0 unspecified atom stereocenters. The SMILES string of the molecule is Cc1cccc(NC(=O)CN2CC3(CCOCC3)c3ccccc32)c1. The van der Waals surface area contributed by atoms with Crippen molar-refractivity contribution in [3.05, 3.63) is 59.7 Å². The third-order valence-electron chi connectivity index (χ3n) is 5.40. The van der Waals surface area contributed by atoms with Crippen LogP contribution in [0.3, 0.4) is 0 Å². The molecule has 0 radical (unpaired) electrons. The summed E-state index contributed by atoms with van der Waals surface area (Å²) in [6.07, 6.45) is 2.06. The molecular weight excluding hydrogens is 312 g/mol. The van der Waals surface area contributed by atoms with Crippen LogP contribution in [-0.2, 0) is 14.9 Å². The van der Waals surface area contributed by atoms with E-state index in [-0.39, 0.29) is 11.3 Å². The lowest BCUT2D eigenvalue weighted by Gasteiger charge is -2.34. The van der Waals surface area contributed by atoms with Crippen LogP contribution in [0.4, 0.5) is 11.4 Å². The Labute approximate surface area is 148 Å². The van der Waals surface area contributed by atoms with Crippen molar-refractivity contribution >= 4 is 17.3 Å². The number of amides is 1. The number of carbonyl (C=O) groups is 1. The average molecular weight is 336 g/mol. The summed E-state index contributed by atoms with van der Waals surface area (Å²) in [4.78, 5) is 14.8. The molecule has 0 bridgehead atoms. The Morgan fingerprint density at radius 1 is 1.16 bits per heavy atom. The number of nitrogens with one attached hydrogen (secondary N) is 1. The number of rotatable bonds is 3. The highest BCUT2D eigenvalue weighted by Crippen LogP contribution is 2.46. The first-order valence-corrected chi connectivity index (χ1v) is 8.95. The number of para-hydroxylation sites is 1. The number of nitrogens with zero attached hydrogens (tertiary/aromatic N) is 1. The lowest BCUT2D eigenvalue weighted by molar-refractivity contribution is -0.115. The molecule has 1 saturated heterocycles. The van der Waals surface area contributed by atoms with E-state index in [4.69, 9.17) is 4.74 Å². The van der Waals surface area contributed by atoms with Gasteiger partial charge in [-0.05, 0) is 49.1 Å². The standard InChI is InChI=1S/C21H24N2O2/c1-16-5-4-6-17(13-16)22-20(24)14-23-15-21(9-11-25-12-10-21)18-7-2-3-8-19(18)23/h2-8,13H,9-12,14-15H2,1H3,(H,22,24). The van der Waals surface area contributed by atoms with E-state index in [1.165, 1.54) is 11.3 Å². The first kappa shape index (κ1) is 16.2. The number of fused-ring (bicyclic) bond motifs is 2. The van der Waals surface area contributed by atoms with Crippen LogP contribution in [0.2, 0.25) is 0 Å². The molecule has 4 rings (SSSR count).